The Hall–Kier alpha value is -1.30. The summed E-state index contributed by atoms with van der Waals surface area (Å²) in [5.41, 5.74) is 1.66. The van der Waals surface area contributed by atoms with E-state index in [0.717, 1.165) is 24.2 Å². The molecule has 0 radical (unpaired) electrons. The SMILES string of the molecule is O=C(CC1CCCCCC1)NC1=CN(C(CO)CO)C2=CC=CC(Cl)C12. The van der Waals surface area contributed by atoms with Gasteiger partial charge in [-0.1, -0.05) is 37.8 Å². The Kier molecular flexibility index (Phi) is 6.79. The largest absolute Gasteiger partial charge is 0.394 e. The molecule has 0 aromatic heterocycles. The zero-order valence-electron chi connectivity index (χ0n) is 15.1. The van der Waals surface area contributed by atoms with Gasteiger partial charge < -0.3 is 20.4 Å². The van der Waals surface area contributed by atoms with Gasteiger partial charge in [0.15, 0.2) is 0 Å². The third-order valence-electron chi connectivity index (χ3n) is 5.66. The molecule has 1 amide bonds. The molecular weight excluding hydrogens is 352 g/mol. The first kappa shape index (κ1) is 19.5. The lowest BCUT2D eigenvalue weighted by Gasteiger charge is -2.30. The van der Waals surface area contributed by atoms with Crippen LogP contribution in [0.1, 0.15) is 44.9 Å². The van der Waals surface area contributed by atoms with Crippen molar-refractivity contribution in [2.75, 3.05) is 13.2 Å². The summed E-state index contributed by atoms with van der Waals surface area (Å²) >= 11 is 6.49. The molecule has 6 heteroatoms. The van der Waals surface area contributed by atoms with Gasteiger partial charge >= 0.3 is 0 Å². The van der Waals surface area contributed by atoms with Crippen molar-refractivity contribution in [2.24, 2.45) is 11.8 Å². The summed E-state index contributed by atoms with van der Waals surface area (Å²) in [6.45, 7) is -0.339. The van der Waals surface area contributed by atoms with E-state index in [0.29, 0.717) is 12.3 Å². The number of alkyl halides is 1. The number of aliphatic hydroxyl groups excluding tert-OH is 2. The second-order valence-electron chi connectivity index (χ2n) is 7.52. The van der Waals surface area contributed by atoms with E-state index in [1.807, 2.05) is 29.3 Å². The van der Waals surface area contributed by atoms with Crippen molar-refractivity contribution in [3.63, 3.8) is 0 Å². The number of halogens is 1. The lowest BCUT2D eigenvalue weighted by Crippen LogP contribution is -2.37. The maximum absolute atomic E-state index is 12.6. The molecule has 5 nitrogen and oxygen atoms in total. The molecule has 144 valence electrons. The third-order valence-corrected chi connectivity index (χ3v) is 6.06. The standard InChI is InChI=1S/C20H29ClN2O3/c21-16-8-5-9-18-20(16)17(11-23(18)15(12-24)13-25)22-19(26)10-14-6-3-1-2-4-7-14/h5,8-9,11,14-16,20,24-25H,1-4,6-7,10,12-13H2,(H,22,26). The number of nitrogens with one attached hydrogen (secondary N) is 1. The van der Waals surface area contributed by atoms with Gasteiger partial charge in [0.05, 0.1) is 30.6 Å². The van der Waals surface area contributed by atoms with E-state index in [2.05, 4.69) is 5.32 Å². The monoisotopic (exact) mass is 380 g/mol. The number of hydrogen-bond donors (Lipinski definition) is 3. The Morgan fingerprint density at radius 3 is 2.58 bits per heavy atom. The van der Waals surface area contributed by atoms with Gasteiger partial charge in [-0.2, -0.15) is 0 Å². The van der Waals surface area contributed by atoms with E-state index in [1.54, 1.807) is 0 Å². The number of amides is 1. The van der Waals surface area contributed by atoms with E-state index < -0.39 is 6.04 Å². The molecule has 1 fully saturated rings. The minimum absolute atomic E-state index is 0.0346. The summed E-state index contributed by atoms with van der Waals surface area (Å²) in [7, 11) is 0. The van der Waals surface area contributed by atoms with Crippen LogP contribution in [0, 0.1) is 11.8 Å². The van der Waals surface area contributed by atoms with Crippen LogP contribution in [-0.4, -0.2) is 45.7 Å². The Morgan fingerprint density at radius 2 is 1.92 bits per heavy atom. The van der Waals surface area contributed by atoms with Crippen LogP contribution in [0.3, 0.4) is 0 Å². The molecule has 26 heavy (non-hydrogen) atoms. The van der Waals surface area contributed by atoms with Crippen molar-refractivity contribution in [1.29, 1.82) is 0 Å². The molecule has 0 spiro atoms. The average molecular weight is 381 g/mol. The molecular formula is C20H29ClN2O3. The van der Waals surface area contributed by atoms with Crippen LogP contribution in [0.25, 0.3) is 0 Å². The van der Waals surface area contributed by atoms with Crippen LogP contribution in [0.2, 0.25) is 0 Å². The number of allylic oxidation sites excluding steroid dienone is 3. The Bertz CT molecular complexity index is 590. The minimum Gasteiger partial charge on any atom is -0.394 e. The summed E-state index contributed by atoms with van der Waals surface area (Å²) in [5, 5.41) is 21.9. The predicted octanol–water partition coefficient (Wildman–Crippen LogP) is 2.65. The quantitative estimate of drug-likeness (QED) is 0.489. The zero-order valence-corrected chi connectivity index (χ0v) is 15.9. The van der Waals surface area contributed by atoms with E-state index >= 15 is 0 Å². The molecule has 0 aromatic carbocycles. The highest BCUT2D eigenvalue weighted by Gasteiger charge is 2.38. The van der Waals surface area contributed by atoms with Crippen LogP contribution < -0.4 is 5.32 Å². The van der Waals surface area contributed by atoms with Gasteiger partial charge in [0.2, 0.25) is 5.91 Å². The first-order chi connectivity index (χ1) is 12.6. The highest BCUT2D eigenvalue weighted by Crippen LogP contribution is 2.39. The molecule has 3 N–H and O–H groups in total. The number of carbonyl (C=O) groups excluding carboxylic acids is 1. The zero-order chi connectivity index (χ0) is 18.5. The fourth-order valence-electron chi connectivity index (χ4n) is 4.22. The van der Waals surface area contributed by atoms with Crippen LogP contribution in [0.15, 0.2) is 35.8 Å². The molecule has 3 aliphatic rings. The number of aliphatic hydroxyl groups is 2. The number of rotatable bonds is 6. The van der Waals surface area contributed by atoms with Crippen molar-refractivity contribution < 1.29 is 15.0 Å². The predicted molar refractivity (Wildman–Crippen MR) is 102 cm³/mol. The fraction of sp³-hybridized carbons (Fsp3) is 0.650. The van der Waals surface area contributed by atoms with Crippen molar-refractivity contribution in [3.05, 3.63) is 35.8 Å². The van der Waals surface area contributed by atoms with Crippen molar-refractivity contribution >= 4 is 17.5 Å². The first-order valence-electron chi connectivity index (χ1n) is 9.68. The molecule has 2 aliphatic carbocycles. The third kappa shape index (κ3) is 4.33. The van der Waals surface area contributed by atoms with Gasteiger partial charge in [0, 0.05) is 24.0 Å². The molecule has 2 unspecified atom stereocenters. The summed E-state index contributed by atoms with van der Waals surface area (Å²) in [6.07, 6.45) is 15.3. The summed E-state index contributed by atoms with van der Waals surface area (Å²) in [4.78, 5) is 14.5. The van der Waals surface area contributed by atoms with Crippen LogP contribution in [0.5, 0.6) is 0 Å². The molecule has 0 saturated heterocycles. The van der Waals surface area contributed by atoms with Gasteiger partial charge in [-0.25, -0.2) is 0 Å². The molecule has 1 saturated carbocycles. The first-order valence-corrected chi connectivity index (χ1v) is 10.1. The maximum Gasteiger partial charge on any atom is 0.224 e. The molecule has 1 heterocycles. The van der Waals surface area contributed by atoms with E-state index in [9.17, 15) is 15.0 Å². The number of fused-ring (bicyclic) bond motifs is 1. The Labute approximate surface area is 160 Å². The fourth-order valence-corrected chi connectivity index (χ4v) is 4.57. The number of carbonyl (C=O) groups is 1. The maximum atomic E-state index is 12.6. The van der Waals surface area contributed by atoms with E-state index in [-0.39, 0.29) is 30.4 Å². The lowest BCUT2D eigenvalue weighted by molar-refractivity contribution is -0.121. The van der Waals surface area contributed by atoms with Crippen LogP contribution in [0.4, 0.5) is 0 Å². The highest BCUT2D eigenvalue weighted by molar-refractivity contribution is 6.22. The van der Waals surface area contributed by atoms with Gasteiger partial charge in [-0.05, 0) is 24.8 Å². The van der Waals surface area contributed by atoms with Crippen LogP contribution in [-0.2, 0) is 4.79 Å². The minimum atomic E-state index is -0.435. The molecule has 2 atom stereocenters. The lowest BCUT2D eigenvalue weighted by atomic mass is 9.93. The smallest absolute Gasteiger partial charge is 0.224 e. The number of hydrogen-bond acceptors (Lipinski definition) is 4. The average Bonchev–Trinajstić information content (AvgIpc) is 2.80. The second kappa shape index (κ2) is 9.07. The number of nitrogens with zero attached hydrogens (tertiary/aromatic N) is 1. The Morgan fingerprint density at radius 1 is 1.23 bits per heavy atom. The van der Waals surface area contributed by atoms with Gasteiger partial charge in [-0.15, -0.1) is 11.6 Å². The Balaban J connectivity index is 1.70. The molecule has 0 bridgehead atoms. The van der Waals surface area contributed by atoms with Gasteiger partial charge in [0.1, 0.15) is 0 Å². The van der Waals surface area contributed by atoms with Crippen molar-refractivity contribution in [1.82, 2.24) is 10.2 Å². The van der Waals surface area contributed by atoms with Crippen molar-refractivity contribution in [3.8, 4) is 0 Å². The van der Waals surface area contributed by atoms with Crippen molar-refractivity contribution in [2.45, 2.75) is 56.4 Å². The second-order valence-corrected chi connectivity index (χ2v) is 8.02. The van der Waals surface area contributed by atoms with Gasteiger partial charge in [0.25, 0.3) is 0 Å². The highest BCUT2D eigenvalue weighted by atomic mass is 35.5. The van der Waals surface area contributed by atoms with E-state index in [4.69, 9.17) is 11.6 Å². The normalized spacial score (nSPS) is 26.4. The van der Waals surface area contributed by atoms with Gasteiger partial charge in [-0.3, -0.25) is 4.79 Å². The van der Waals surface area contributed by atoms with Crippen LogP contribution >= 0.6 is 11.6 Å². The summed E-state index contributed by atoms with van der Waals surface area (Å²) in [6, 6.07) is -0.435. The van der Waals surface area contributed by atoms with E-state index in [1.165, 1.54) is 25.7 Å². The summed E-state index contributed by atoms with van der Waals surface area (Å²) in [5.74, 6) is 0.346. The molecule has 1 aliphatic heterocycles. The molecule has 0 aromatic rings. The summed E-state index contributed by atoms with van der Waals surface area (Å²) < 4.78 is 0. The molecule has 3 rings (SSSR count). The topological polar surface area (TPSA) is 72.8 Å².